The van der Waals surface area contributed by atoms with Crippen molar-refractivity contribution in [2.75, 3.05) is 13.1 Å². The van der Waals surface area contributed by atoms with Gasteiger partial charge in [-0.2, -0.15) is 18.4 Å². The average molecular weight is 540 g/mol. The van der Waals surface area contributed by atoms with Crippen molar-refractivity contribution in [1.82, 2.24) is 9.80 Å². The van der Waals surface area contributed by atoms with E-state index < -0.39 is 17.2 Å². The number of hydrogen-bond donors (Lipinski definition) is 1. The normalized spacial score (nSPS) is 26.4. The van der Waals surface area contributed by atoms with Crippen LogP contribution in [0.5, 0.6) is 0 Å². The fraction of sp³-hybridized carbons (Fsp3) is 0.548. The van der Waals surface area contributed by atoms with E-state index in [0.29, 0.717) is 11.6 Å². The van der Waals surface area contributed by atoms with E-state index in [1.54, 1.807) is 0 Å². The van der Waals surface area contributed by atoms with Gasteiger partial charge in [-0.3, -0.25) is 4.79 Å². The third-order valence-electron chi connectivity index (χ3n) is 9.18. The average Bonchev–Trinajstić information content (AvgIpc) is 3.79. The number of amides is 1. The molecule has 1 aliphatic heterocycles. The van der Waals surface area contributed by atoms with Crippen LogP contribution < -0.4 is 0 Å². The number of rotatable bonds is 6. The zero-order valence-corrected chi connectivity index (χ0v) is 22.3. The van der Waals surface area contributed by atoms with Gasteiger partial charge in [-0.05, 0) is 81.5 Å². The molecule has 3 aliphatic rings. The van der Waals surface area contributed by atoms with Crippen LogP contribution in [0.2, 0.25) is 0 Å². The fourth-order valence-electron chi connectivity index (χ4n) is 6.44. The molecule has 1 heterocycles. The summed E-state index contributed by atoms with van der Waals surface area (Å²) in [7, 11) is 0. The smallest absolute Gasteiger partial charge is 0.376 e. The van der Waals surface area contributed by atoms with E-state index in [0.717, 1.165) is 76.9 Å². The largest absolute Gasteiger partial charge is 0.421 e. The Morgan fingerprint density at radius 1 is 0.949 bits per heavy atom. The highest BCUT2D eigenvalue weighted by Crippen LogP contribution is 2.42. The van der Waals surface area contributed by atoms with Gasteiger partial charge in [0, 0.05) is 36.8 Å². The van der Waals surface area contributed by atoms with E-state index >= 15 is 0 Å². The number of nitriles is 1. The van der Waals surface area contributed by atoms with Gasteiger partial charge in [0.25, 0.3) is 5.91 Å². The molecule has 5 nitrogen and oxygen atoms in total. The molecule has 0 spiro atoms. The molecule has 1 unspecified atom stereocenters. The number of likely N-dealkylation sites (tertiary alicyclic amines) is 1. The number of aliphatic hydroxyl groups is 1. The molecule has 5 rings (SSSR count). The zero-order valence-electron chi connectivity index (χ0n) is 22.3. The maximum Gasteiger partial charge on any atom is 0.421 e. The van der Waals surface area contributed by atoms with E-state index in [2.05, 4.69) is 23.1 Å². The number of halogens is 3. The van der Waals surface area contributed by atoms with Crippen molar-refractivity contribution < 1.29 is 23.1 Å². The molecule has 0 radical (unpaired) electrons. The Hall–Kier alpha value is -2.89. The van der Waals surface area contributed by atoms with Crippen molar-refractivity contribution in [3.05, 3.63) is 71.3 Å². The number of carbonyl (C=O) groups is 1. The molecule has 8 heteroatoms. The van der Waals surface area contributed by atoms with E-state index in [1.807, 2.05) is 23.1 Å². The van der Waals surface area contributed by atoms with Crippen molar-refractivity contribution in [1.29, 1.82) is 5.26 Å². The number of carbonyl (C=O) groups excluding carboxylic acids is 1. The lowest BCUT2D eigenvalue weighted by Crippen LogP contribution is -2.51. The Morgan fingerprint density at radius 2 is 1.51 bits per heavy atom. The van der Waals surface area contributed by atoms with Gasteiger partial charge in [0.1, 0.15) is 0 Å². The third-order valence-corrected chi connectivity index (χ3v) is 9.18. The van der Waals surface area contributed by atoms with Crippen LogP contribution in [0.3, 0.4) is 0 Å². The first kappa shape index (κ1) is 27.7. The number of benzene rings is 2. The van der Waals surface area contributed by atoms with Crippen LogP contribution in [-0.4, -0.2) is 58.2 Å². The molecular weight excluding hydrogens is 503 g/mol. The quantitative estimate of drug-likeness (QED) is 0.494. The predicted octanol–water partition coefficient (Wildman–Crippen LogP) is 5.93. The topological polar surface area (TPSA) is 67.6 Å². The predicted molar refractivity (Wildman–Crippen MR) is 142 cm³/mol. The summed E-state index contributed by atoms with van der Waals surface area (Å²) in [5.74, 6) is -0.145. The van der Waals surface area contributed by atoms with Crippen LogP contribution in [0.15, 0.2) is 54.6 Å². The second kappa shape index (κ2) is 10.6. The third kappa shape index (κ3) is 5.44. The first-order valence-electron chi connectivity index (χ1n) is 14.0. The Kier molecular flexibility index (Phi) is 7.51. The minimum Gasteiger partial charge on any atom is -0.376 e. The van der Waals surface area contributed by atoms with Crippen molar-refractivity contribution >= 4 is 5.91 Å². The van der Waals surface area contributed by atoms with Gasteiger partial charge < -0.3 is 14.9 Å². The molecule has 0 bridgehead atoms. The van der Waals surface area contributed by atoms with E-state index in [9.17, 15) is 28.3 Å². The molecule has 2 aromatic carbocycles. The number of alkyl halides is 3. The van der Waals surface area contributed by atoms with Crippen LogP contribution in [-0.2, 0) is 11.0 Å². The first-order chi connectivity index (χ1) is 18.6. The standard InChI is InChI=1S/C31H36F3N3O2/c1-29(39,31(32,33)34)23-9-7-22(8-10-23)28(38)37(26-11-12-26)27-15-19-36(20-16-27)25-13-17-30(21-35,18-14-25)24-5-3-2-4-6-24/h2-10,25-27,39H,11-20H2,1H3/t25-,29?,30+. The van der Waals surface area contributed by atoms with Gasteiger partial charge in [-0.15, -0.1) is 0 Å². The molecule has 1 amide bonds. The minimum atomic E-state index is -4.80. The van der Waals surface area contributed by atoms with E-state index in [1.165, 1.54) is 24.3 Å². The molecule has 1 atom stereocenters. The maximum absolute atomic E-state index is 13.5. The van der Waals surface area contributed by atoms with Crippen molar-refractivity contribution in [3.63, 3.8) is 0 Å². The van der Waals surface area contributed by atoms with Gasteiger partial charge in [-0.1, -0.05) is 42.5 Å². The van der Waals surface area contributed by atoms with Crippen LogP contribution in [0.4, 0.5) is 13.2 Å². The molecule has 208 valence electrons. The van der Waals surface area contributed by atoms with Crippen molar-refractivity contribution in [2.24, 2.45) is 0 Å². The monoisotopic (exact) mass is 539 g/mol. The van der Waals surface area contributed by atoms with E-state index in [-0.39, 0.29) is 23.6 Å². The van der Waals surface area contributed by atoms with Gasteiger partial charge in [0.15, 0.2) is 5.60 Å². The second-order valence-corrected chi connectivity index (χ2v) is 11.6. The summed E-state index contributed by atoms with van der Waals surface area (Å²) < 4.78 is 39.7. The molecule has 3 fully saturated rings. The highest BCUT2D eigenvalue weighted by molar-refractivity contribution is 5.95. The second-order valence-electron chi connectivity index (χ2n) is 11.6. The Bertz CT molecular complexity index is 1190. The van der Waals surface area contributed by atoms with Gasteiger partial charge in [0.05, 0.1) is 11.5 Å². The molecule has 0 aromatic heterocycles. The Labute approximate surface area is 228 Å². The SMILES string of the molecule is CC(O)(c1ccc(C(=O)N(C2CC2)C2CCN([C@H]3CC[C@@](C#N)(c4ccccc4)CC3)CC2)cc1)C(F)(F)F. The summed E-state index contributed by atoms with van der Waals surface area (Å²) in [5.41, 5.74) is -2.19. The Balaban J connectivity index is 1.20. The molecule has 2 aromatic rings. The summed E-state index contributed by atoms with van der Waals surface area (Å²) in [6, 6.07) is 18.6. The van der Waals surface area contributed by atoms with Gasteiger partial charge in [-0.25, -0.2) is 0 Å². The van der Waals surface area contributed by atoms with Gasteiger partial charge in [0.2, 0.25) is 0 Å². The molecule has 2 saturated carbocycles. The summed E-state index contributed by atoms with van der Waals surface area (Å²) in [4.78, 5) is 18.0. The highest BCUT2D eigenvalue weighted by atomic mass is 19.4. The summed E-state index contributed by atoms with van der Waals surface area (Å²) in [5, 5.41) is 20.0. The highest BCUT2D eigenvalue weighted by Gasteiger charge is 2.51. The van der Waals surface area contributed by atoms with Crippen LogP contribution >= 0.6 is 0 Å². The van der Waals surface area contributed by atoms with Gasteiger partial charge >= 0.3 is 6.18 Å². The zero-order chi connectivity index (χ0) is 27.8. The van der Waals surface area contributed by atoms with Crippen molar-refractivity contribution in [2.45, 2.75) is 93.6 Å². The number of nitrogens with zero attached hydrogens (tertiary/aromatic N) is 3. The Morgan fingerprint density at radius 3 is 2.03 bits per heavy atom. The van der Waals surface area contributed by atoms with Crippen LogP contribution in [0, 0.1) is 11.3 Å². The summed E-state index contributed by atoms with van der Waals surface area (Å²) >= 11 is 0. The van der Waals surface area contributed by atoms with Crippen molar-refractivity contribution in [3.8, 4) is 6.07 Å². The van der Waals surface area contributed by atoms with Crippen LogP contribution in [0.1, 0.15) is 79.8 Å². The van der Waals surface area contributed by atoms with Crippen LogP contribution in [0.25, 0.3) is 0 Å². The molecule has 39 heavy (non-hydrogen) atoms. The molecular formula is C31H36F3N3O2. The molecule has 2 aliphatic carbocycles. The first-order valence-corrected chi connectivity index (χ1v) is 14.0. The summed E-state index contributed by atoms with van der Waals surface area (Å²) in [6.45, 7) is 2.51. The lowest BCUT2D eigenvalue weighted by atomic mass is 9.69. The lowest BCUT2D eigenvalue weighted by molar-refractivity contribution is -0.258. The minimum absolute atomic E-state index is 0.102. The van der Waals surface area contributed by atoms with E-state index in [4.69, 9.17) is 0 Å². The lowest BCUT2D eigenvalue weighted by Gasteiger charge is -2.45. The molecule has 1 saturated heterocycles. The number of hydrogen-bond acceptors (Lipinski definition) is 4. The number of piperidine rings is 1. The fourth-order valence-corrected chi connectivity index (χ4v) is 6.44. The maximum atomic E-state index is 13.5. The molecule has 1 N–H and O–H groups in total. The summed E-state index contributed by atoms with van der Waals surface area (Å²) in [6.07, 6.45) is 2.48.